The number of piperidine rings is 2. The van der Waals surface area contributed by atoms with Crippen LogP contribution in [0.3, 0.4) is 0 Å². The van der Waals surface area contributed by atoms with Crippen LogP contribution in [0.4, 0.5) is 0 Å². The van der Waals surface area contributed by atoms with Crippen LogP contribution in [0.15, 0.2) is 30.3 Å². The molecule has 0 aromatic heterocycles. The molecule has 0 amide bonds. The Bertz CT molecular complexity index is 555. The van der Waals surface area contributed by atoms with Crippen molar-refractivity contribution in [2.24, 2.45) is 5.92 Å². The van der Waals surface area contributed by atoms with Crippen molar-refractivity contribution in [3.05, 3.63) is 35.9 Å². The van der Waals surface area contributed by atoms with Gasteiger partial charge in [-0.15, -0.1) is 0 Å². The molecule has 2 saturated heterocycles. The quantitative estimate of drug-likeness (QED) is 0.365. The summed E-state index contributed by atoms with van der Waals surface area (Å²) in [6, 6.07) is 12.1. The van der Waals surface area contributed by atoms with Crippen LogP contribution in [0, 0.1) is 5.92 Å². The van der Waals surface area contributed by atoms with E-state index in [0.29, 0.717) is 23.8 Å². The first-order chi connectivity index (χ1) is 13.8. The molecule has 2 aliphatic rings. The van der Waals surface area contributed by atoms with E-state index in [-0.39, 0.29) is 0 Å². The number of hydrogen-bond donors (Lipinski definition) is 0. The third kappa shape index (κ3) is 6.44. The van der Waals surface area contributed by atoms with E-state index in [1.165, 1.54) is 69.8 Å². The zero-order valence-corrected chi connectivity index (χ0v) is 18.1. The van der Waals surface area contributed by atoms with Crippen LogP contribution in [-0.2, 0) is 11.3 Å². The summed E-state index contributed by atoms with van der Waals surface area (Å²) >= 11 is 0. The van der Waals surface area contributed by atoms with Crippen molar-refractivity contribution in [2.45, 2.75) is 115 Å². The molecule has 2 aliphatic heterocycles. The first-order valence-corrected chi connectivity index (χ1v) is 12.1. The average molecular weight is 384 g/mol. The molecule has 156 valence electrons. The highest BCUT2D eigenvalue weighted by Crippen LogP contribution is 2.38. The van der Waals surface area contributed by atoms with Gasteiger partial charge in [-0.1, -0.05) is 88.6 Å². The van der Waals surface area contributed by atoms with Gasteiger partial charge in [0.05, 0.1) is 0 Å². The van der Waals surface area contributed by atoms with Crippen LogP contribution < -0.4 is 0 Å². The van der Waals surface area contributed by atoms with Crippen LogP contribution >= 0.6 is 0 Å². The molecule has 0 N–H and O–H groups in total. The molecule has 0 aliphatic carbocycles. The van der Waals surface area contributed by atoms with Gasteiger partial charge >= 0.3 is 0 Å². The Kier molecular flexibility index (Phi) is 9.05. The highest BCUT2D eigenvalue weighted by atomic mass is 16.1. The fourth-order valence-electron chi connectivity index (χ4n) is 5.43. The summed E-state index contributed by atoms with van der Waals surface area (Å²) in [4.78, 5) is 15.6. The second kappa shape index (κ2) is 11.8. The minimum Gasteiger partial charge on any atom is -0.299 e. The summed E-state index contributed by atoms with van der Waals surface area (Å²) < 4.78 is 0. The lowest BCUT2D eigenvalue weighted by Crippen LogP contribution is -2.52. The number of nitrogens with zero attached hydrogens (tertiary/aromatic N) is 1. The SMILES string of the molecule is CCCCCCCCCCC(=O)C1CC2CCCC(C1)N2Cc1ccccc1. The number of Topliss-reactive ketones (excluding diaryl/α,β-unsaturated/α-hetero) is 1. The van der Waals surface area contributed by atoms with Gasteiger partial charge in [-0.2, -0.15) is 0 Å². The van der Waals surface area contributed by atoms with Crippen molar-refractivity contribution < 1.29 is 4.79 Å². The van der Waals surface area contributed by atoms with Gasteiger partial charge in [-0.05, 0) is 37.7 Å². The lowest BCUT2D eigenvalue weighted by atomic mass is 9.76. The van der Waals surface area contributed by atoms with Gasteiger partial charge in [0.2, 0.25) is 0 Å². The minimum atomic E-state index is 0.340. The number of ketones is 1. The van der Waals surface area contributed by atoms with E-state index >= 15 is 0 Å². The zero-order chi connectivity index (χ0) is 19.6. The standard InChI is InChI=1S/C26H41NO/c1-2-3-4-5-6-7-8-12-18-26(28)23-19-24-16-13-17-25(20-23)27(24)21-22-14-10-9-11-15-22/h9-11,14-15,23-25H,2-8,12-13,16-21H2,1H3. The van der Waals surface area contributed by atoms with E-state index < -0.39 is 0 Å². The molecule has 2 nitrogen and oxygen atoms in total. The maximum Gasteiger partial charge on any atom is 0.136 e. The predicted octanol–water partition coefficient (Wildman–Crippen LogP) is 6.92. The zero-order valence-electron chi connectivity index (χ0n) is 18.1. The maximum atomic E-state index is 12.8. The molecule has 28 heavy (non-hydrogen) atoms. The van der Waals surface area contributed by atoms with Crippen LogP contribution in [0.1, 0.15) is 102 Å². The molecule has 0 saturated carbocycles. The van der Waals surface area contributed by atoms with E-state index in [1.54, 1.807) is 0 Å². The van der Waals surface area contributed by atoms with Gasteiger partial charge in [0, 0.05) is 31.0 Å². The third-order valence-electron chi connectivity index (χ3n) is 7.07. The molecular formula is C26H41NO. The first-order valence-electron chi connectivity index (χ1n) is 12.1. The normalized spacial score (nSPS) is 25.0. The van der Waals surface area contributed by atoms with Gasteiger partial charge in [0.25, 0.3) is 0 Å². The number of carbonyl (C=O) groups excluding carboxylic acids is 1. The van der Waals surface area contributed by atoms with Gasteiger partial charge in [0.15, 0.2) is 0 Å². The van der Waals surface area contributed by atoms with Crippen LogP contribution in [0.25, 0.3) is 0 Å². The van der Waals surface area contributed by atoms with E-state index in [1.807, 2.05) is 0 Å². The van der Waals surface area contributed by atoms with E-state index in [4.69, 9.17) is 0 Å². The Morgan fingerprint density at radius 1 is 0.893 bits per heavy atom. The molecule has 2 heteroatoms. The molecule has 1 aromatic rings. The van der Waals surface area contributed by atoms with Crippen molar-refractivity contribution in [3.8, 4) is 0 Å². The van der Waals surface area contributed by atoms with Crippen molar-refractivity contribution in [2.75, 3.05) is 0 Å². The van der Waals surface area contributed by atoms with E-state index in [0.717, 1.165) is 32.2 Å². The Labute approximate surface area is 173 Å². The molecule has 2 heterocycles. The molecule has 2 atom stereocenters. The lowest BCUT2D eigenvalue weighted by Gasteiger charge is -2.48. The summed E-state index contributed by atoms with van der Waals surface area (Å²) in [6.45, 7) is 3.33. The number of hydrogen-bond acceptors (Lipinski definition) is 2. The molecular weight excluding hydrogens is 342 g/mol. The Hall–Kier alpha value is -1.15. The van der Waals surface area contributed by atoms with Gasteiger partial charge in [-0.3, -0.25) is 9.69 Å². The topological polar surface area (TPSA) is 20.3 Å². The van der Waals surface area contributed by atoms with Crippen molar-refractivity contribution in [1.29, 1.82) is 0 Å². The Morgan fingerprint density at radius 2 is 1.50 bits per heavy atom. The van der Waals surface area contributed by atoms with Crippen molar-refractivity contribution >= 4 is 5.78 Å². The van der Waals surface area contributed by atoms with Crippen molar-refractivity contribution in [1.82, 2.24) is 4.90 Å². The average Bonchev–Trinajstić information content (AvgIpc) is 2.70. The van der Waals surface area contributed by atoms with Crippen LogP contribution in [0.5, 0.6) is 0 Å². The number of fused-ring (bicyclic) bond motifs is 2. The van der Waals surface area contributed by atoms with Gasteiger partial charge < -0.3 is 0 Å². The molecule has 2 bridgehead atoms. The number of rotatable bonds is 12. The smallest absolute Gasteiger partial charge is 0.136 e. The van der Waals surface area contributed by atoms with E-state index in [9.17, 15) is 4.79 Å². The minimum absolute atomic E-state index is 0.340. The Balaban J connectivity index is 1.39. The van der Waals surface area contributed by atoms with E-state index in [2.05, 4.69) is 42.2 Å². The molecule has 3 rings (SSSR count). The number of carbonyl (C=O) groups is 1. The maximum absolute atomic E-state index is 12.8. The molecule has 1 aromatic carbocycles. The highest BCUT2D eigenvalue weighted by molar-refractivity contribution is 5.81. The van der Waals surface area contributed by atoms with Crippen LogP contribution in [0.2, 0.25) is 0 Å². The van der Waals surface area contributed by atoms with Crippen LogP contribution in [-0.4, -0.2) is 22.8 Å². The fraction of sp³-hybridized carbons (Fsp3) is 0.731. The highest BCUT2D eigenvalue weighted by Gasteiger charge is 2.40. The summed E-state index contributed by atoms with van der Waals surface area (Å²) in [5.41, 5.74) is 1.42. The molecule has 0 radical (unpaired) electrons. The summed E-state index contributed by atoms with van der Waals surface area (Å²) in [7, 11) is 0. The molecule has 2 fully saturated rings. The predicted molar refractivity (Wildman–Crippen MR) is 118 cm³/mol. The monoisotopic (exact) mass is 383 g/mol. The van der Waals surface area contributed by atoms with Gasteiger partial charge in [-0.25, -0.2) is 0 Å². The molecule has 0 spiro atoms. The summed E-state index contributed by atoms with van der Waals surface area (Å²) in [6.07, 6.45) is 17.5. The van der Waals surface area contributed by atoms with Gasteiger partial charge in [0.1, 0.15) is 5.78 Å². The third-order valence-corrected chi connectivity index (χ3v) is 7.07. The second-order valence-corrected chi connectivity index (χ2v) is 9.26. The Morgan fingerprint density at radius 3 is 2.14 bits per heavy atom. The number of unbranched alkanes of at least 4 members (excludes halogenated alkanes) is 7. The summed E-state index contributed by atoms with van der Waals surface area (Å²) in [5.74, 6) is 0.911. The second-order valence-electron chi connectivity index (χ2n) is 9.26. The lowest BCUT2D eigenvalue weighted by molar-refractivity contribution is -0.127. The summed E-state index contributed by atoms with van der Waals surface area (Å²) in [5, 5.41) is 0. The fourth-order valence-corrected chi connectivity index (χ4v) is 5.43. The number of benzene rings is 1. The van der Waals surface area contributed by atoms with Crippen molar-refractivity contribution in [3.63, 3.8) is 0 Å². The first kappa shape index (κ1) is 21.6. The largest absolute Gasteiger partial charge is 0.299 e. The molecule has 2 unspecified atom stereocenters.